The third kappa shape index (κ3) is 5.00. The Morgan fingerprint density at radius 1 is 0.371 bits per heavy atom. The average Bonchev–Trinajstić information content (AvgIpc) is 3.86. The summed E-state index contributed by atoms with van der Waals surface area (Å²) in [6.07, 6.45) is 0. The van der Waals surface area contributed by atoms with Gasteiger partial charge < -0.3 is 4.90 Å². The van der Waals surface area contributed by atoms with Crippen molar-refractivity contribution in [3.8, 4) is 33.4 Å². The van der Waals surface area contributed by atoms with Gasteiger partial charge in [-0.15, -0.1) is 0 Å². The molecule has 0 amide bonds. The van der Waals surface area contributed by atoms with Crippen molar-refractivity contribution in [1.29, 1.82) is 0 Å². The maximum absolute atomic E-state index is 17.2. The Morgan fingerprint density at radius 3 is 1.50 bits per heavy atom. The van der Waals surface area contributed by atoms with Crippen LogP contribution < -0.4 is 25.6 Å². The van der Waals surface area contributed by atoms with Gasteiger partial charge in [0.25, 0.3) is 0 Å². The molecule has 1 atom stereocenters. The molecule has 0 bridgehead atoms. The standard InChI is InChI=1S/C59H44FNSi/c1-58(2)52-26-14-10-22-46(52)48-32-30-41(37-54(48)58)61(42-31-33-49-47-23-11-15-27-53(47)59(3,55(49)38-42)39-18-6-4-7-19-39)43-34-40(60)35-45(36-43)62(44-20-8-5-9-21-44)56-28-16-12-24-50(56)51-25-13-17-29-57(51)62/h4-38H,1-3H3. The first-order valence-corrected chi connectivity index (χ1v) is 23.7. The molecule has 62 heavy (non-hydrogen) atoms. The summed E-state index contributed by atoms with van der Waals surface area (Å²) in [5.41, 5.74) is 16.1. The second-order valence-corrected chi connectivity index (χ2v) is 21.6. The van der Waals surface area contributed by atoms with Crippen LogP contribution in [0.3, 0.4) is 0 Å². The molecular weight excluding hydrogens is 770 g/mol. The summed E-state index contributed by atoms with van der Waals surface area (Å²) in [6.45, 7) is 7.02. The maximum Gasteiger partial charge on any atom is 0.181 e. The van der Waals surface area contributed by atoms with Crippen LogP contribution in [0.2, 0.25) is 0 Å². The van der Waals surface area contributed by atoms with Crippen molar-refractivity contribution in [2.45, 2.75) is 31.6 Å². The van der Waals surface area contributed by atoms with E-state index in [1.807, 2.05) is 6.07 Å². The molecular formula is C59H44FNSi. The van der Waals surface area contributed by atoms with E-state index in [2.05, 4.69) is 226 Å². The van der Waals surface area contributed by atoms with Crippen molar-refractivity contribution in [3.63, 3.8) is 0 Å². The molecule has 1 aliphatic heterocycles. The largest absolute Gasteiger partial charge is 0.310 e. The minimum atomic E-state index is -3.01. The summed E-state index contributed by atoms with van der Waals surface area (Å²) >= 11 is 0. The Bertz CT molecular complexity index is 3210. The first-order chi connectivity index (χ1) is 30.3. The molecule has 1 unspecified atom stereocenters. The van der Waals surface area contributed by atoms with E-state index in [-0.39, 0.29) is 11.2 Å². The van der Waals surface area contributed by atoms with Gasteiger partial charge in [0.2, 0.25) is 0 Å². The van der Waals surface area contributed by atoms with Crippen molar-refractivity contribution >= 4 is 45.9 Å². The van der Waals surface area contributed by atoms with Gasteiger partial charge in [-0.3, -0.25) is 0 Å². The molecule has 0 N–H and O–H groups in total. The Balaban J connectivity index is 1.13. The lowest BCUT2D eigenvalue weighted by Gasteiger charge is -2.34. The van der Waals surface area contributed by atoms with Crippen molar-refractivity contribution in [2.24, 2.45) is 0 Å². The number of hydrogen-bond acceptors (Lipinski definition) is 1. The van der Waals surface area contributed by atoms with Crippen molar-refractivity contribution in [3.05, 3.63) is 246 Å². The molecule has 0 spiro atoms. The van der Waals surface area contributed by atoms with Crippen LogP contribution in [0.25, 0.3) is 33.4 Å². The normalized spacial score (nSPS) is 16.7. The van der Waals surface area contributed by atoms with E-state index in [0.29, 0.717) is 0 Å². The summed E-state index contributed by atoms with van der Waals surface area (Å²) in [4.78, 5) is 2.32. The number of benzene rings is 9. The van der Waals surface area contributed by atoms with Crippen LogP contribution in [0.5, 0.6) is 0 Å². The highest BCUT2D eigenvalue weighted by atomic mass is 28.3. The molecule has 0 saturated heterocycles. The lowest BCUT2D eigenvalue weighted by molar-refractivity contribution is 0.629. The number of anilines is 3. The zero-order chi connectivity index (χ0) is 41.8. The fourth-order valence-corrected chi connectivity index (χ4v) is 16.8. The van der Waals surface area contributed by atoms with Crippen LogP contribution >= 0.6 is 0 Å². The predicted molar refractivity (Wildman–Crippen MR) is 259 cm³/mol. The van der Waals surface area contributed by atoms with Gasteiger partial charge in [-0.1, -0.05) is 184 Å². The smallest absolute Gasteiger partial charge is 0.181 e. The average molecular weight is 814 g/mol. The van der Waals surface area contributed by atoms with E-state index in [1.165, 1.54) is 76.8 Å². The Morgan fingerprint density at radius 2 is 0.855 bits per heavy atom. The molecule has 3 aliphatic rings. The zero-order valence-corrected chi connectivity index (χ0v) is 36.0. The fraction of sp³-hybridized carbons (Fsp3) is 0.0847. The van der Waals surface area contributed by atoms with E-state index in [9.17, 15) is 0 Å². The number of hydrogen-bond donors (Lipinski definition) is 0. The van der Waals surface area contributed by atoms with E-state index in [1.54, 1.807) is 6.07 Å². The second kappa shape index (κ2) is 13.5. The Kier molecular flexibility index (Phi) is 7.98. The summed E-state index contributed by atoms with van der Waals surface area (Å²) in [7, 11) is -3.01. The monoisotopic (exact) mass is 813 g/mol. The SMILES string of the molecule is CC1(C)c2ccccc2-c2ccc(N(c3cc(F)cc([Si]4(c5ccccc5)c5ccccc5-c5ccccc54)c3)c3ccc4c(c3)C(C)(c3ccccc3)c3ccccc3-4)cc21. The second-order valence-electron chi connectivity index (χ2n) is 17.9. The highest BCUT2D eigenvalue weighted by Gasteiger charge is 2.49. The number of fused-ring (bicyclic) bond motifs is 9. The summed E-state index contributed by atoms with van der Waals surface area (Å²) < 4.78 is 17.2. The van der Waals surface area contributed by atoms with Gasteiger partial charge in [-0.25, -0.2) is 4.39 Å². The summed E-state index contributed by atoms with van der Waals surface area (Å²) in [5.74, 6) is -0.247. The van der Waals surface area contributed by atoms with Crippen molar-refractivity contribution < 1.29 is 4.39 Å². The van der Waals surface area contributed by atoms with Gasteiger partial charge in [0.1, 0.15) is 5.82 Å². The van der Waals surface area contributed by atoms with Crippen LogP contribution in [-0.4, -0.2) is 8.07 Å². The number of halogens is 1. The number of rotatable bonds is 6. The first-order valence-electron chi connectivity index (χ1n) is 21.7. The van der Waals surface area contributed by atoms with E-state index < -0.39 is 13.5 Å². The van der Waals surface area contributed by atoms with Crippen molar-refractivity contribution in [2.75, 3.05) is 4.90 Å². The van der Waals surface area contributed by atoms with Gasteiger partial charge in [0.05, 0.1) is 0 Å². The molecule has 2 aliphatic carbocycles. The number of nitrogens with zero attached hydrogens (tertiary/aromatic N) is 1. The Labute approximate surface area is 364 Å². The van der Waals surface area contributed by atoms with Crippen LogP contribution in [0.1, 0.15) is 48.6 Å². The third-order valence-electron chi connectivity index (χ3n) is 14.5. The highest BCUT2D eigenvalue weighted by Crippen LogP contribution is 2.55. The quantitative estimate of drug-likeness (QED) is 0.151. The molecule has 296 valence electrons. The zero-order valence-electron chi connectivity index (χ0n) is 35.0. The summed E-state index contributed by atoms with van der Waals surface area (Å²) in [5, 5.41) is 4.85. The molecule has 9 aromatic carbocycles. The van der Waals surface area contributed by atoms with Gasteiger partial charge in [0.15, 0.2) is 8.07 Å². The van der Waals surface area contributed by atoms with E-state index >= 15 is 4.39 Å². The molecule has 0 radical (unpaired) electrons. The first kappa shape index (κ1) is 36.8. The maximum atomic E-state index is 17.2. The topological polar surface area (TPSA) is 3.24 Å². The molecule has 9 aromatic rings. The molecule has 0 aromatic heterocycles. The fourth-order valence-electron chi connectivity index (χ4n) is 11.6. The molecule has 0 fully saturated rings. The van der Waals surface area contributed by atoms with Crippen LogP contribution in [0.4, 0.5) is 21.5 Å². The minimum Gasteiger partial charge on any atom is -0.310 e. The lowest BCUT2D eigenvalue weighted by Crippen LogP contribution is -2.72. The van der Waals surface area contributed by atoms with Crippen LogP contribution in [0, 0.1) is 5.82 Å². The molecule has 12 rings (SSSR count). The van der Waals surface area contributed by atoms with Gasteiger partial charge in [-0.05, 0) is 131 Å². The summed E-state index contributed by atoms with van der Waals surface area (Å²) in [6, 6.07) is 76.7. The van der Waals surface area contributed by atoms with Gasteiger partial charge >= 0.3 is 0 Å². The van der Waals surface area contributed by atoms with Gasteiger partial charge in [-0.2, -0.15) is 0 Å². The third-order valence-corrected chi connectivity index (χ3v) is 19.3. The van der Waals surface area contributed by atoms with E-state index in [0.717, 1.165) is 22.2 Å². The van der Waals surface area contributed by atoms with E-state index in [4.69, 9.17) is 0 Å². The highest BCUT2D eigenvalue weighted by molar-refractivity contribution is 7.22. The molecule has 1 nitrogen and oxygen atoms in total. The van der Waals surface area contributed by atoms with Crippen molar-refractivity contribution in [1.82, 2.24) is 0 Å². The Hall–Kier alpha value is -7.07. The molecule has 0 saturated carbocycles. The predicted octanol–water partition coefficient (Wildman–Crippen LogP) is 12.3. The lowest BCUT2D eigenvalue weighted by atomic mass is 9.74. The molecule has 3 heteroatoms. The van der Waals surface area contributed by atoms with Crippen LogP contribution in [-0.2, 0) is 10.8 Å². The van der Waals surface area contributed by atoms with Gasteiger partial charge in [0, 0.05) is 27.9 Å². The van der Waals surface area contributed by atoms with Crippen LogP contribution in [0.15, 0.2) is 212 Å². The molecule has 1 heterocycles. The minimum absolute atomic E-state index is 0.215.